The quantitative estimate of drug-likeness (QED) is 0.617. The van der Waals surface area contributed by atoms with E-state index in [1.165, 1.54) is 6.20 Å². The van der Waals surface area contributed by atoms with E-state index in [4.69, 9.17) is 16.3 Å². The van der Waals surface area contributed by atoms with Gasteiger partial charge in [-0.1, -0.05) is 45.7 Å². The van der Waals surface area contributed by atoms with Gasteiger partial charge in [0.25, 0.3) is 0 Å². The fraction of sp³-hybridized carbons (Fsp3) is 0.214. The van der Waals surface area contributed by atoms with Crippen molar-refractivity contribution >= 4 is 33.5 Å². The van der Waals surface area contributed by atoms with Gasteiger partial charge in [-0.25, -0.2) is 14.8 Å². The molecule has 0 bridgehead atoms. The summed E-state index contributed by atoms with van der Waals surface area (Å²) in [6.07, 6.45) is 1.47. The zero-order chi connectivity index (χ0) is 14.5. The first-order chi connectivity index (χ1) is 9.67. The zero-order valence-corrected chi connectivity index (χ0v) is 13.1. The molecule has 0 aliphatic heterocycles. The van der Waals surface area contributed by atoms with Gasteiger partial charge in [0.15, 0.2) is 0 Å². The number of hydrogen-bond donors (Lipinski definition) is 0. The van der Waals surface area contributed by atoms with E-state index in [-0.39, 0.29) is 0 Å². The van der Waals surface area contributed by atoms with E-state index in [0.29, 0.717) is 39.6 Å². The van der Waals surface area contributed by atoms with Gasteiger partial charge in [0, 0.05) is 16.8 Å². The molecule has 0 unspecified atom stereocenters. The Morgan fingerprint density at radius 2 is 2.15 bits per heavy atom. The van der Waals surface area contributed by atoms with Crippen molar-refractivity contribution in [3.63, 3.8) is 0 Å². The monoisotopic (exact) mass is 354 g/mol. The van der Waals surface area contributed by atoms with E-state index in [1.54, 1.807) is 13.0 Å². The maximum atomic E-state index is 12.0. The van der Waals surface area contributed by atoms with Gasteiger partial charge in [0.2, 0.25) is 0 Å². The summed E-state index contributed by atoms with van der Waals surface area (Å²) in [6.45, 7) is 2.04. The second kappa shape index (κ2) is 6.81. The second-order valence-corrected chi connectivity index (χ2v) is 4.85. The second-order valence-electron chi connectivity index (χ2n) is 3.88. The highest BCUT2D eigenvalue weighted by molar-refractivity contribution is 9.08. The molecule has 0 saturated heterocycles. The molecule has 0 N–H and O–H groups in total. The zero-order valence-electron chi connectivity index (χ0n) is 10.8. The number of aromatic nitrogens is 2. The van der Waals surface area contributed by atoms with E-state index in [1.807, 2.05) is 18.2 Å². The summed E-state index contributed by atoms with van der Waals surface area (Å²) in [6, 6.07) is 7.22. The summed E-state index contributed by atoms with van der Waals surface area (Å²) >= 11 is 9.48. The highest BCUT2D eigenvalue weighted by Gasteiger charge is 2.18. The van der Waals surface area contributed by atoms with Crippen molar-refractivity contribution < 1.29 is 9.53 Å². The van der Waals surface area contributed by atoms with Crippen LogP contribution in [0.1, 0.15) is 23.1 Å². The van der Waals surface area contributed by atoms with E-state index in [9.17, 15) is 4.79 Å². The molecule has 2 aromatic rings. The Balaban J connectivity index is 2.59. The van der Waals surface area contributed by atoms with Crippen LogP contribution < -0.4 is 0 Å². The summed E-state index contributed by atoms with van der Waals surface area (Å²) in [4.78, 5) is 20.5. The normalized spacial score (nSPS) is 10.3. The van der Waals surface area contributed by atoms with Gasteiger partial charge in [0.05, 0.1) is 17.6 Å². The number of carbonyl (C=O) groups is 1. The molecule has 1 aromatic heterocycles. The lowest BCUT2D eigenvalue weighted by molar-refractivity contribution is 0.0526. The minimum absolute atomic E-state index is 0.293. The Morgan fingerprint density at radius 1 is 1.40 bits per heavy atom. The number of nitrogens with zero attached hydrogens (tertiary/aromatic N) is 2. The molecule has 104 valence electrons. The van der Waals surface area contributed by atoms with Crippen LogP contribution in [0, 0.1) is 0 Å². The summed E-state index contributed by atoms with van der Waals surface area (Å²) < 4.78 is 5.03. The number of benzene rings is 1. The fourth-order valence-electron chi connectivity index (χ4n) is 1.70. The number of ether oxygens (including phenoxy) is 1. The third-order valence-corrected chi connectivity index (χ3v) is 3.41. The van der Waals surface area contributed by atoms with Crippen molar-refractivity contribution in [1.82, 2.24) is 9.97 Å². The third-order valence-electron chi connectivity index (χ3n) is 2.58. The van der Waals surface area contributed by atoms with E-state index in [2.05, 4.69) is 25.9 Å². The molecule has 0 aliphatic carbocycles. The van der Waals surface area contributed by atoms with E-state index in [0.717, 1.165) is 0 Å². The molecule has 0 aliphatic rings. The predicted octanol–water partition coefficient (Wildman–Crippen LogP) is 3.87. The first-order valence-electron chi connectivity index (χ1n) is 6.01. The number of alkyl halides is 1. The number of halogens is 2. The largest absolute Gasteiger partial charge is 0.462 e. The summed E-state index contributed by atoms with van der Waals surface area (Å²) in [5, 5.41) is 1.02. The van der Waals surface area contributed by atoms with Gasteiger partial charge in [-0.15, -0.1) is 0 Å². The van der Waals surface area contributed by atoms with Gasteiger partial charge < -0.3 is 4.74 Å². The molecule has 0 saturated carbocycles. The van der Waals surface area contributed by atoms with Crippen LogP contribution in [0.25, 0.3) is 11.3 Å². The first-order valence-corrected chi connectivity index (χ1v) is 7.51. The molecule has 1 aromatic carbocycles. The highest BCUT2D eigenvalue weighted by atomic mass is 79.9. The molecule has 20 heavy (non-hydrogen) atoms. The van der Waals surface area contributed by atoms with Crippen molar-refractivity contribution in [3.8, 4) is 11.3 Å². The topological polar surface area (TPSA) is 52.1 Å². The van der Waals surface area contributed by atoms with E-state index >= 15 is 0 Å². The molecule has 0 amide bonds. The Bertz CT molecular complexity index is 634. The summed E-state index contributed by atoms with van der Waals surface area (Å²) in [7, 11) is 0. The SMILES string of the molecule is CCOC(=O)c1cnc(CBr)nc1-c1ccccc1Cl. The number of esters is 1. The molecule has 0 fully saturated rings. The summed E-state index contributed by atoms with van der Waals surface area (Å²) in [5.41, 5.74) is 1.48. The third kappa shape index (κ3) is 3.16. The molecule has 2 rings (SSSR count). The van der Waals surface area contributed by atoms with Crippen molar-refractivity contribution in [2.24, 2.45) is 0 Å². The van der Waals surface area contributed by atoms with Gasteiger partial charge in [-0.3, -0.25) is 0 Å². The van der Waals surface area contributed by atoms with Crippen LogP contribution in [0.5, 0.6) is 0 Å². The number of hydrogen-bond acceptors (Lipinski definition) is 4. The molecule has 0 spiro atoms. The van der Waals surface area contributed by atoms with Gasteiger partial charge in [-0.2, -0.15) is 0 Å². The molecule has 0 radical (unpaired) electrons. The Morgan fingerprint density at radius 3 is 2.80 bits per heavy atom. The van der Waals surface area contributed by atoms with Crippen molar-refractivity contribution in [2.75, 3.05) is 6.61 Å². The molecule has 0 atom stereocenters. The van der Waals surface area contributed by atoms with Gasteiger partial charge >= 0.3 is 5.97 Å². The van der Waals surface area contributed by atoms with Crippen LogP contribution >= 0.6 is 27.5 Å². The lowest BCUT2D eigenvalue weighted by atomic mass is 10.1. The maximum Gasteiger partial charge on any atom is 0.341 e. The summed E-state index contributed by atoms with van der Waals surface area (Å²) in [5.74, 6) is 0.122. The standard InChI is InChI=1S/C14H12BrClN2O2/c1-2-20-14(19)10-8-17-12(7-15)18-13(10)9-5-3-4-6-11(9)16/h3-6,8H,2,7H2,1H3. The van der Waals surface area contributed by atoms with E-state index < -0.39 is 5.97 Å². The minimum atomic E-state index is -0.455. The van der Waals surface area contributed by atoms with Crippen LogP contribution in [0.15, 0.2) is 30.5 Å². The van der Waals surface area contributed by atoms with Crippen LogP contribution in [0.3, 0.4) is 0 Å². The highest BCUT2D eigenvalue weighted by Crippen LogP contribution is 2.29. The maximum absolute atomic E-state index is 12.0. The lowest BCUT2D eigenvalue weighted by Gasteiger charge is -2.10. The predicted molar refractivity (Wildman–Crippen MR) is 81.1 cm³/mol. The minimum Gasteiger partial charge on any atom is -0.462 e. The van der Waals surface area contributed by atoms with Crippen molar-refractivity contribution in [3.05, 3.63) is 46.9 Å². The molecule has 6 heteroatoms. The smallest absolute Gasteiger partial charge is 0.341 e. The molecule has 4 nitrogen and oxygen atoms in total. The van der Waals surface area contributed by atoms with Crippen molar-refractivity contribution in [2.45, 2.75) is 12.3 Å². The van der Waals surface area contributed by atoms with Crippen LogP contribution in [0.4, 0.5) is 0 Å². The number of rotatable bonds is 4. The Labute approximate surface area is 130 Å². The van der Waals surface area contributed by atoms with Crippen LogP contribution in [-0.4, -0.2) is 22.5 Å². The van der Waals surface area contributed by atoms with Gasteiger partial charge in [-0.05, 0) is 13.0 Å². The number of carbonyl (C=O) groups excluding carboxylic acids is 1. The molecular formula is C14H12BrClN2O2. The van der Waals surface area contributed by atoms with Gasteiger partial charge in [0.1, 0.15) is 11.4 Å². The molecular weight excluding hydrogens is 344 g/mol. The fourth-order valence-corrected chi connectivity index (χ4v) is 2.19. The average molecular weight is 356 g/mol. The lowest BCUT2D eigenvalue weighted by Crippen LogP contribution is -2.10. The van der Waals surface area contributed by atoms with Crippen molar-refractivity contribution in [1.29, 1.82) is 0 Å². The van der Waals surface area contributed by atoms with Crippen LogP contribution in [0.2, 0.25) is 5.02 Å². The first kappa shape index (κ1) is 14.9. The molecule has 1 heterocycles. The average Bonchev–Trinajstić information content (AvgIpc) is 2.47. The van der Waals surface area contributed by atoms with Crippen LogP contribution in [-0.2, 0) is 10.1 Å². The Kier molecular flexibility index (Phi) is 5.09. The Hall–Kier alpha value is -1.46.